The zero-order chi connectivity index (χ0) is 29.1. The molecule has 218 valence electrons. The van der Waals surface area contributed by atoms with E-state index in [2.05, 4.69) is 24.5 Å². The summed E-state index contributed by atoms with van der Waals surface area (Å²) in [5, 5.41) is 15.8. The molecule has 10 nitrogen and oxygen atoms in total. The number of carbonyl (C=O) groups excluding carboxylic acids is 2. The highest BCUT2D eigenvalue weighted by Crippen LogP contribution is 2.44. The van der Waals surface area contributed by atoms with Crippen LogP contribution in [0.4, 0.5) is 0 Å². The number of hydrogen-bond acceptors (Lipinski definition) is 8. The van der Waals surface area contributed by atoms with E-state index in [0.717, 1.165) is 11.1 Å². The van der Waals surface area contributed by atoms with Gasteiger partial charge in [-0.3, -0.25) is 9.59 Å². The number of benzene rings is 1. The number of rotatable bonds is 11. The van der Waals surface area contributed by atoms with E-state index >= 15 is 0 Å². The smallest absolute Gasteiger partial charge is 0.481 e. The number of hydrogen-bond donors (Lipinski definition) is 3. The standard InChI is InChI=1S/C28H45BN2O8/c1-16(2)12-23(29-38-27(3,4)28(5,6)39-29)31-26(34)20(15-32)30-25(33)17-10-11-18-19(13-17)24(37-9)22(36-8)14-21(18)35-7/h14,16-17,20,23,32H,10-13,15H2,1-9H3,(H,30,33)(H,31,34)/t17?,20-,23-/m0/s1. The van der Waals surface area contributed by atoms with Crippen molar-refractivity contribution in [2.45, 2.75) is 90.4 Å². The second-order valence-electron chi connectivity index (χ2n) is 11.8. The van der Waals surface area contributed by atoms with Gasteiger partial charge in [-0.05, 0) is 59.3 Å². The molecule has 0 aromatic heterocycles. The van der Waals surface area contributed by atoms with Crippen molar-refractivity contribution in [3.8, 4) is 17.2 Å². The van der Waals surface area contributed by atoms with Gasteiger partial charge in [0, 0.05) is 23.1 Å². The van der Waals surface area contributed by atoms with Crippen LogP contribution in [0.15, 0.2) is 6.07 Å². The molecule has 0 bridgehead atoms. The van der Waals surface area contributed by atoms with Crippen molar-refractivity contribution < 1.29 is 38.2 Å². The molecule has 0 saturated carbocycles. The van der Waals surface area contributed by atoms with Crippen LogP contribution in [-0.2, 0) is 31.7 Å². The van der Waals surface area contributed by atoms with Crippen molar-refractivity contribution in [1.82, 2.24) is 10.6 Å². The number of amides is 2. The number of ether oxygens (including phenoxy) is 3. The average molecular weight is 548 g/mol. The number of aliphatic hydroxyl groups is 1. The molecule has 1 aliphatic carbocycles. The molecule has 39 heavy (non-hydrogen) atoms. The first-order valence-corrected chi connectivity index (χ1v) is 13.7. The van der Waals surface area contributed by atoms with Crippen LogP contribution in [0.25, 0.3) is 0 Å². The van der Waals surface area contributed by atoms with Crippen LogP contribution < -0.4 is 24.8 Å². The summed E-state index contributed by atoms with van der Waals surface area (Å²) in [4.78, 5) is 26.6. The van der Waals surface area contributed by atoms with Gasteiger partial charge in [0.2, 0.25) is 11.8 Å². The average Bonchev–Trinajstić information content (AvgIpc) is 3.11. The summed E-state index contributed by atoms with van der Waals surface area (Å²) in [5.41, 5.74) is 0.732. The van der Waals surface area contributed by atoms with Crippen LogP contribution in [-0.4, -0.2) is 75.2 Å². The van der Waals surface area contributed by atoms with E-state index in [9.17, 15) is 14.7 Å². The number of aliphatic hydroxyl groups excluding tert-OH is 1. The summed E-state index contributed by atoms with van der Waals surface area (Å²) < 4.78 is 29.0. The summed E-state index contributed by atoms with van der Waals surface area (Å²) in [6, 6.07) is 0.676. The van der Waals surface area contributed by atoms with Crippen LogP contribution in [0.3, 0.4) is 0 Å². The quantitative estimate of drug-likeness (QED) is 0.361. The van der Waals surface area contributed by atoms with Crippen LogP contribution in [0.2, 0.25) is 0 Å². The minimum Gasteiger partial charge on any atom is -0.496 e. The first kappa shape index (κ1) is 31.0. The van der Waals surface area contributed by atoms with Gasteiger partial charge in [-0.25, -0.2) is 0 Å². The van der Waals surface area contributed by atoms with Crippen molar-refractivity contribution in [3.05, 3.63) is 17.2 Å². The molecule has 2 aliphatic rings. The number of fused-ring (bicyclic) bond motifs is 1. The Balaban J connectivity index is 1.73. The summed E-state index contributed by atoms with van der Waals surface area (Å²) in [7, 11) is 4.07. The van der Waals surface area contributed by atoms with E-state index in [-0.39, 0.29) is 11.8 Å². The molecular formula is C28H45BN2O8. The predicted octanol–water partition coefficient (Wildman–Crippen LogP) is 2.46. The Kier molecular flexibility index (Phi) is 9.83. The van der Waals surface area contributed by atoms with Crippen molar-refractivity contribution in [2.24, 2.45) is 11.8 Å². The SMILES string of the molecule is COc1cc(OC)c(OC)c2c1CCC(C(=O)N[C@@H](CO)C(=O)N[C@@H](CC(C)C)B1OC(C)(C)C(C)(C)O1)C2. The summed E-state index contributed by atoms with van der Waals surface area (Å²) >= 11 is 0. The molecular weight excluding hydrogens is 503 g/mol. The normalized spacial score (nSPS) is 21.1. The fourth-order valence-corrected chi connectivity index (χ4v) is 5.21. The maximum Gasteiger partial charge on any atom is 0.481 e. The molecule has 1 unspecified atom stereocenters. The number of methoxy groups -OCH3 is 3. The monoisotopic (exact) mass is 548 g/mol. The summed E-state index contributed by atoms with van der Waals surface area (Å²) in [5.74, 6) is 0.380. The minimum atomic E-state index is -1.11. The zero-order valence-corrected chi connectivity index (χ0v) is 24.8. The van der Waals surface area contributed by atoms with Crippen molar-refractivity contribution in [3.63, 3.8) is 0 Å². The molecule has 3 rings (SSSR count). The van der Waals surface area contributed by atoms with Crippen molar-refractivity contribution in [2.75, 3.05) is 27.9 Å². The molecule has 1 aliphatic heterocycles. The molecule has 1 saturated heterocycles. The van der Waals surface area contributed by atoms with E-state index in [4.69, 9.17) is 23.5 Å². The van der Waals surface area contributed by atoms with E-state index < -0.39 is 48.7 Å². The first-order chi connectivity index (χ1) is 18.3. The zero-order valence-electron chi connectivity index (χ0n) is 24.8. The number of carbonyl (C=O) groups is 2. The molecule has 1 heterocycles. The Bertz CT molecular complexity index is 1010. The Morgan fingerprint density at radius 1 is 1.03 bits per heavy atom. The molecule has 0 radical (unpaired) electrons. The molecule has 2 amide bonds. The van der Waals surface area contributed by atoms with Gasteiger partial charge in [0.15, 0.2) is 11.5 Å². The second-order valence-corrected chi connectivity index (χ2v) is 11.8. The van der Waals surface area contributed by atoms with Gasteiger partial charge in [0.1, 0.15) is 11.8 Å². The summed E-state index contributed by atoms with van der Waals surface area (Å²) in [6.45, 7) is 11.4. The van der Waals surface area contributed by atoms with Gasteiger partial charge >= 0.3 is 7.12 Å². The second kappa shape index (κ2) is 12.3. The topological polar surface area (TPSA) is 125 Å². The van der Waals surface area contributed by atoms with Crippen molar-refractivity contribution >= 4 is 18.9 Å². The summed E-state index contributed by atoms with van der Waals surface area (Å²) in [6.07, 6.45) is 2.17. The Labute approximate surface area is 232 Å². The minimum absolute atomic E-state index is 0.253. The van der Waals surface area contributed by atoms with Gasteiger partial charge in [0.25, 0.3) is 0 Å². The van der Waals surface area contributed by atoms with Gasteiger partial charge in [-0.15, -0.1) is 0 Å². The lowest BCUT2D eigenvalue weighted by Crippen LogP contribution is -2.56. The molecule has 1 aromatic carbocycles. The fraction of sp³-hybridized carbons (Fsp3) is 0.714. The maximum atomic E-state index is 13.3. The Morgan fingerprint density at radius 2 is 1.64 bits per heavy atom. The highest BCUT2D eigenvalue weighted by atomic mass is 16.7. The van der Waals surface area contributed by atoms with E-state index in [1.807, 2.05) is 27.7 Å². The molecule has 0 spiro atoms. The fourth-order valence-electron chi connectivity index (χ4n) is 5.21. The Morgan fingerprint density at radius 3 is 2.15 bits per heavy atom. The first-order valence-electron chi connectivity index (χ1n) is 13.7. The molecule has 11 heteroatoms. The molecule has 1 aromatic rings. The Hall–Kier alpha value is -2.50. The van der Waals surface area contributed by atoms with Crippen LogP contribution in [0, 0.1) is 11.8 Å². The van der Waals surface area contributed by atoms with Crippen LogP contribution >= 0.6 is 0 Å². The van der Waals surface area contributed by atoms with Crippen molar-refractivity contribution in [1.29, 1.82) is 0 Å². The van der Waals surface area contributed by atoms with Gasteiger partial charge in [0.05, 0.1) is 45.1 Å². The third-order valence-corrected chi connectivity index (χ3v) is 8.10. The molecule has 3 N–H and O–H groups in total. The van der Waals surface area contributed by atoms with E-state index in [0.29, 0.717) is 42.9 Å². The largest absolute Gasteiger partial charge is 0.496 e. The van der Waals surface area contributed by atoms with Gasteiger partial charge in [-0.1, -0.05) is 13.8 Å². The molecule has 1 fully saturated rings. The third-order valence-electron chi connectivity index (χ3n) is 8.10. The highest BCUT2D eigenvalue weighted by Gasteiger charge is 2.54. The lowest BCUT2D eigenvalue weighted by Gasteiger charge is -2.32. The van der Waals surface area contributed by atoms with Gasteiger partial charge in [-0.2, -0.15) is 0 Å². The maximum absolute atomic E-state index is 13.3. The third kappa shape index (κ3) is 6.64. The number of nitrogens with one attached hydrogen (secondary N) is 2. The predicted molar refractivity (Wildman–Crippen MR) is 148 cm³/mol. The van der Waals surface area contributed by atoms with Gasteiger partial charge < -0.3 is 39.3 Å². The lowest BCUT2D eigenvalue weighted by molar-refractivity contribution is -0.132. The van der Waals surface area contributed by atoms with E-state index in [1.165, 1.54) is 0 Å². The van der Waals surface area contributed by atoms with Crippen LogP contribution in [0.1, 0.15) is 65.5 Å². The lowest BCUT2D eigenvalue weighted by atomic mass is 9.74. The highest BCUT2D eigenvalue weighted by molar-refractivity contribution is 6.48. The van der Waals surface area contributed by atoms with Crippen LogP contribution in [0.5, 0.6) is 17.2 Å². The molecule has 3 atom stereocenters. The van der Waals surface area contributed by atoms with E-state index in [1.54, 1.807) is 27.4 Å².